The second-order valence-electron chi connectivity index (χ2n) is 8.71. The van der Waals surface area contributed by atoms with Crippen molar-refractivity contribution in [3.63, 3.8) is 0 Å². The standard InChI is InChI=1S/C21H40N6O7/c1-11(2)10-13(23)18(30)25-14(7-8-16(24)29)19(31)27-17(12(3)28)20(32)26-15(21(33)34)6-4-5-9-22/h11-15,17,28H,4-10,22-23H2,1-3H3,(H2,24,29)(H,25,30)(H,26,32)(H,27,31)(H,33,34). The summed E-state index contributed by atoms with van der Waals surface area (Å²) in [6, 6.07) is -4.91. The van der Waals surface area contributed by atoms with Gasteiger partial charge in [-0.05, 0) is 51.5 Å². The fourth-order valence-corrected chi connectivity index (χ4v) is 3.12. The normalized spacial score (nSPS) is 15.5. The van der Waals surface area contributed by atoms with Crippen molar-refractivity contribution in [3.05, 3.63) is 0 Å². The van der Waals surface area contributed by atoms with Crippen molar-refractivity contribution < 1.29 is 34.2 Å². The van der Waals surface area contributed by atoms with Gasteiger partial charge in [-0.3, -0.25) is 19.2 Å². The lowest BCUT2D eigenvalue weighted by Crippen LogP contribution is -2.60. The molecule has 0 aliphatic rings. The molecule has 5 unspecified atom stereocenters. The third kappa shape index (κ3) is 12.5. The average Bonchev–Trinajstić information content (AvgIpc) is 2.72. The van der Waals surface area contributed by atoms with Crippen LogP contribution in [0.15, 0.2) is 0 Å². The number of aliphatic carboxylic acids is 1. The number of carboxylic acids is 1. The lowest BCUT2D eigenvalue weighted by atomic mass is 10.0. The average molecular weight is 489 g/mol. The first-order chi connectivity index (χ1) is 15.8. The molecule has 0 aliphatic heterocycles. The number of amides is 4. The van der Waals surface area contributed by atoms with Crippen LogP contribution in [0.3, 0.4) is 0 Å². The van der Waals surface area contributed by atoms with Gasteiger partial charge < -0.3 is 43.4 Å². The molecular weight excluding hydrogens is 448 g/mol. The van der Waals surface area contributed by atoms with Gasteiger partial charge in [0.05, 0.1) is 12.1 Å². The number of hydrogen-bond donors (Lipinski definition) is 8. The number of aliphatic hydroxyl groups is 1. The van der Waals surface area contributed by atoms with Crippen LogP contribution in [0.5, 0.6) is 0 Å². The zero-order valence-electron chi connectivity index (χ0n) is 20.1. The number of aliphatic hydroxyl groups excluding tert-OH is 1. The van der Waals surface area contributed by atoms with Crippen LogP contribution < -0.4 is 33.2 Å². The van der Waals surface area contributed by atoms with E-state index in [4.69, 9.17) is 17.2 Å². The molecular formula is C21H40N6O7. The number of hydrogen-bond acceptors (Lipinski definition) is 8. The second-order valence-corrected chi connectivity index (χ2v) is 8.71. The fourth-order valence-electron chi connectivity index (χ4n) is 3.12. The maximum Gasteiger partial charge on any atom is 0.326 e. The summed E-state index contributed by atoms with van der Waals surface area (Å²) in [5, 5.41) is 26.5. The summed E-state index contributed by atoms with van der Waals surface area (Å²) < 4.78 is 0. The van der Waals surface area contributed by atoms with Crippen LogP contribution in [0.25, 0.3) is 0 Å². The van der Waals surface area contributed by atoms with Gasteiger partial charge in [-0.2, -0.15) is 0 Å². The van der Waals surface area contributed by atoms with E-state index < -0.39 is 59.9 Å². The lowest BCUT2D eigenvalue weighted by Gasteiger charge is -2.26. The topological polar surface area (TPSA) is 240 Å². The quantitative estimate of drug-likeness (QED) is 0.102. The third-order valence-electron chi connectivity index (χ3n) is 5.00. The number of primary amides is 1. The number of nitrogens with two attached hydrogens (primary N) is 3. The molecule has 0 aliphatic carbocycles. The Hall–Kier alpha value is -2.77. The summed E-state index contributed by atoms with van der Waals surface area (Å²) in [5.41, 5.74) is 16.4. The largest absolute Gasteiger partial charge is 0.480 e. The monoisotopic (exact) mass is 488 g/mol. The summed E-state index contributed by atoms with van der Waals surface area (Å²) in [6.07, 6.45) is -0.289. The number of nitrogens with one attached hydrogen (secondary N) is 3. The number of carbonyl (C=O) groups is 5. The van der Waals surface area contributed by atoms with E-state index in [2.05, 4.69) is 16.0 Å². The Morgan fingerprint density at radius 3 is 1.91 bits per heavy atom. The van der Waals surface area contributed by atoms with Crippen molar-refractivity contribution in [2.75, 3.05) is 6.54 Å². The summed E-state index contributed by atoms with van der Waals surface area (Å²) in [7, 11) is 0. The van der Waals surface area contributed by atoms with E-state index in [0.29, 0.717) is 25.8 Å². The van der Waals surface area contributed by atoms with E-state index in [1.165, 1.54) is 6.92 Å². The van der Waals surface area contributed by atoms with Crippen molar-refractivity contribution in [1.82, 2.24) is 16.0 Å². The first kappa shape index (κ1) is 31.2. The van der Waals surface area contributed by atoms with Crippen LogP contribution in [0.1, 0.15) is 59.3 Å². The predicted molar refractivity (Wildman–Crippen MR) is 124 cm³/mol. The molecule has 5 atom stereocenters. The van der Waals surface area contributed by atoms with Gasteiger partial charge in [-0.1, -0.05) is 13.8 Å². The van der Waals surface area contributed by atoms with Gasteiger partial charge in [0.1, 0.15) is 18.1 Å². The van der Waals surface area contributed by atoms with E-state index in [0.717, 1.165) is 0 Å². The van der Waals surface area contributed by atoms with Gasteiger partial charge in [0, 0.05) is 6.42 Å². The smallest absolute Gasteiger partial charge is 0.326 e. The Labute approximate surface area is 199 Å². The van der Waals surface area contributed by atoms with Crippen LogP contribution in [0.2, 0.25) is 0 Å². The molecule has 34 heavy (non-hydrogen) atoms. The Morgan fingerprint density at radius 2 is 1.44 bits per heavy atom. The molecule has 0 fully saturated rings. The van der Waals surface area contributed by atoms with Gasteiger partial charge in [-0.25, -0.2) is 4.79 Å². The van der Waals surface area contributed by atoms with Crippen molar-refractivity contribution in [2.45, 2.75) is 89.6 Å². The summed E-state index contributed by atoms with van der Waals surface area (Å²) in [4.78, 5) is 60.6. The van der Waals surface area contributed by atoms with E-state index in [-0.39, 0.29) is 25.2 Å². The number of carbonyl (C=O) groups excluding carboxylic acids is 4. The first-order valence-electron chi connectivity index (χ1n) is 11.4. The third-order valence-corrected chi connectivity index (χ3v) is 5.00. The maximum atomic E-state index is 12.8. The molecule has 0 rings (SSSR count). The number of unbranched alkanes of at least 4 members (excludes halogenated alkanes) is 1. The summed E-state index contributed by atoms with van der Waals surface area (Å²) in [6.45, 7) is 5.35. The molecule has 11 N–H and O–H groups in total. The van der Waals surface area contributed by atoms with Crippen LogP contribution in [-0.2, 0) is 24.0 Å². The van der Waals surface area contributed by atoms with Gasteiger partial charge in [0.2, 0.25) is 23.6 Å². The molecule has 0 aromatic carbocycles. The molecule has 13 heteroatoms. The Kier molecular flexibility index (Phi) is 14.7. The summed E-state index contributed by atoms with van der Waals surface area (Å²) in [5.74, 6) is -4.25. The minimum absolute atomic E-state index is 0.115. The van der Waals surface area contributed by atoms with E-state index >= 15 is 0 Å². The van der Waals surface area contributed by atoms with E-state index in [9.17, 15) is 34.2 Å². The maximum absolute atomic E-state index is 12.8. The molecule has 0 radical (unpaired) electrons. The molecule has 0 spiro atoms. The van der Waals surface area contributed by atoms with Gasteiger partial charge in [0.25, 0.3) is 0 Å². The van der Waals surface area contributed by atoms with E-state index in [1.54, 1.807) is 0 Å². The highest BCUT2D eigenvalue weighted by atomic mass is 16.4. The molecule has 13 nitrogen and oxygen atoms in total. The van der Waals surface area contributed by atoms with Crippen molar-refractivity contribution in [3.8, 4) is 0 Å². The number of carboxylic acid groups (broad SMARTS) is 1. The molecule has 0 aromatic heterocycles. The van der Waals surface area contributed by atoms with Gasteiger partial charge >= 0.3 is 5.97 Å². The van der Waals surface area contributed by atoms with Crippen LogP contribution >= 0.6 is 0 Å². The lowest BCUT2D eigenvalue weighted by molar-refractivity contribution is -0.143. The zero-order valence-corrected chi connectivity index (χ0v) is 20.1. The highest BCUT2D eigenvalue weighted by Crippen LogP contribution is 2.07. The van der Waals surface area contributed by atoms with E-state index in [1.807, 2.05) is 13.8 Å². The summed E-state index contributed by atoms with van der Waals surface area (Å²) >= 11 is 0. The second kappa shape index (κ2) is 16.0. The van der Waals surface area contributed by atoms with Crippen molar-refractivity contribution >= 4 is 29.6 Å². The Bertz CT molecular complexity index is 701. The van der Waals surface area contributed by atoms with Crippen LogP contribution in [-0.4, -0.2) is 76.6 Å². The Morgan fingerprint density at radius 1 is 0.853 bits per heavy atom. The highest BCUT2D eigenvalue weighted by molar-refractivity contribution is 5.94. The Balaban J connectivity index is 5.42. The van der Waals surface area contributed by atoms with Crippen molar-refractivity contribution in [2.24, 2.45) is 23.1 Å². The molecule has 0 saturated heterocycles. The number of rotatable bonds is 17. The predicted octanol–water partition coefficient (Wildman–Crippen LogP) is -2.33. The first-order valence-corrected chi connectivity index (χ1v) is 11.4. The highest BCUT2D eigenvalue weighted by Gasteiger charge is 2.32. The van der Waals surface area contributed by atoms with Crippen molar-refractivity contribution in [1.29, 1.82) is 0 Å². The SMILES string of the molecule is CC(C)CC(N)C(=O)NC(CCC(N)=O)C(=O)NC(C(=O)NC(CCCCN)C(=O)O)C(C)O. The molecule has 4 amide bonds. The van der Waals surface area contributed by atoms with Gasteiger partial charge in [0.15, 0.2) is 0 Å². The van der Waals surface area contributed by atoms with Crippen LogP contribution in [0.4, 0.5) is 0 Å². The zero-order chi connectivity index (χ0) is 26.4. The molecule has 196 valence electrons. The fraction of sp³-hybridized carbons (Fsp3) is 0.762. The van der Waals surface area contributed by atoms with Crippen LogP contribution in [0, 0.1) is 5.92 Å². The molecule has 0 heterocycles. The minimum atomic E-state index is -1.51. The minimum Gasteiger partial charge on any atom is -0.480 e. The van der Waals surface area contributed by atoms with Gasteiger partial charge in [-0.15, -0.1) is 0 Å². The molecule has 0 aromatic rings. The molecule has 0 bridgehead atoms. The molecule has 0 saturated carbocycles.